The lowest BCUT2D eigenvalue weighted by Gasteiger charge is -2.30. The van der Waals surface area contributed by atoms with Crippen LogP contribution < -0.4 is 5.32 Å². The molecule has 4 rings (SSSR count). The van der Waals surface area contributed by atoms with Gasteiger partial charge in [-0.1, -0.05) is 49.6 Å². The molecule has 0 saturated heterocycles. The van der Waals surface area contributed by atoms with Crippen molar-refractivity contribution in [2.75, 3.05) is 6.54 Å². The first-order chi connectivity index (χ1) is 15.1. The van der Waals surface area contributed by atoms with Crippen LogP contribution in [0.25, 0.3) is 0 Å². The fraction of sp³-hybridized carbons (Fsp3) is 0.520. The molecule has 1 N–H and O–H groups in total. The van der Waals surface area contributed by atoms with Crippen molar-refractivity contribution in [2.45, 2.75) is 77.0 Å². The number of carbonyl (C=O) groups excluding carboxylic acids is 2. The Balaban J connectivity index is 1.45. The molecule has 31 heavy (non-hydrogen) atoms. The largest absolute Gasteiger partial charge is 0.335 e. The zero-order valence-electron chi connectivity index (χ0n) is 18.4. The van der Waals surface area contributed by atoms with E-state index in [1.165, 1.54) is 29.7 Å². The molecule has 2 aliphatic carbocycles. The number of nitrogens with zero attached hydrogens (tertiary/aromatic N) is 2. The second-order valence-corrected chi connectivity index (χ2v) is 9.91. The van der Waals surface area contributed by atoms with Crippen LogP contribution in [0.3, 0.4) is 0 Å². The highest BCUT2D eigenvalue weighted by Crippen LogP contribution is 2.28. The summed E-state index contributed by atoms with van der Waals surface area (Å²) in [5.41, 5.74) is 2.32. The number of aryl methyl sites for hydroxylation is 1. The minimum Gasteiger partial charge on any atom is -0.335 e. The van der Waals surface area contributed by atoms with Gasteiger partial charge in [0.15, 0.2) is 0 Å². The van der Waals surface area contributed by atoms with Gasteiger partial charge in [-0.2, -0.15) is 0 Å². The molecule has 0 radical (unpaired) electrons. The van der Waals surface area contributed by atoms with Gasteiger partial charge in [0.2, 0.25) is 5.91 Å². The zero-order valence-corrected chi connectivity index (χ0v) is 19.2. The van der Waals surface area contributed by atoms with Crippen LogP contribution in [0, 0.1) is 6.92 Å². The fourth-order valence-electron chi connectivity index (χ4n) is 4.28. The van der Waals surface area contributed by atoms with Crippen molar-refractivity contribution in [2.24, 2.45) is 0 Å². The van der Waals surface area contributed by atoms with E-state index in [0.29, 0.717) is 13.1 Å². The summed E-state index contributed by atoms with van der Waals surface area (Å²) in [4.78, 5) is 31.4. The minimum atomic E-state index is -0.0604. The highest BCUT2D eigenvalue weighted by molar-refractivity contribution is 7.10. The van der Waals surface area contributed by atoms with Crippen molar-refractivity contribution < 1.29 is 9.59 Å². The number of benzene rings is 1. The monoisotopic (exact) mass is 439 g/mol. The van der Waals surface area contributed by atoms with E-state index < -0.39 is 0 Å². The van der Waals surface area contributed by atoms with Gasteiger partial charge in [-0.15, -0.1) is 11.3 Å². The van der Waals surface area contributed by atoms with Gasteiger partial charge in [-0.25, -0.2) is 4.79 Å². The lowest BCUT2D eigenvalue weighted by Crippen LogP contribution is -2.50. The fourth-order valence-corrected chi connectivity index (χ4v) is 5.20. The molecule has 0 unspecified atom stereocenters. The number of thiophene rings is 1. The Morgan fingerprint density at radius 1 is 1.00 bits per heavy atom. The molecular weight excluding hydrogens is 406 g/mol. The van der Waals surface area contributed by atoms with Crippen molar-refractivity contribution in [3.63, 3.8) is 0 Å². The molecule has 2 aromatic rings. The van der Waals surface area contributed by atoms with E-state index in [9.17, 15) is 9.59 Å². The predicted molar refractivity (Wildman–Crippen MR) is 125 cm³/mol. The number of nitrogens with one attached hydrogen (secondary N) is 1. The lowest BCUT2D eigenvalue weighted by atomic mass is 9.96. The summed E-state index contributed by atoms with van der Waals surface area (Å²) < 4.78 is 0. The first kappa shape index (κ1) is 21.9. The number of urea groups is 1. The molecule has 2 aliphatic rings. The summed E-state index contributed by atoms with van der Waals surface area (Å²) in [5, 5.41) is 5.28. The molecular formula is C25H33N3O2S. The third kappa shape index (κ3) is 6.10. The van der Waals surface area contributed by atoms with E-state index in [0.717, 1.165) is 31.2 Å². The third-order valence-corrected chi connectivity index (χ3v) is 7.37. The minimum absolute atomic E-state index is 0.0161. The molecule has 2 saturated carbocycles. The molecule has 2 fully saturated rings. The van der Waals surface area contributed by atoms with Crippen molar-refractivity contribution >= 4 is 23.3 Å². The Morgan fingerprint density at radius 3 is 2.39 bits per heavy atom. The van der Waals surface area contributed by atoms with Crippen LogP contribution in [-0.4, -0.2) is 40.4 Å². The van der Waals surface area contributed by atoms with Gasteiger partial charge in [0, 0.05) is 23.5 Å². The summed E-state index contributed by atoms with van der Waals surface area (Å²) in [6, 6.07) is 12.6. The summed E-state index contributed by atoms with van der Waals surface area (Å²) in [5.74, 6) is 0.0161. The average Bonchev–Trinajstić information content (AvgIpc) is 3.55. The molecule has 3 amide bonds. The summed E-state index contributed by atoms with van der Waals surface area (Å²) in [6.45, 7) is 3.38. The normalized spacial score (nSPS) is 16.7. The number of rotatable bonds is 8. The molecule has 0 spiro atoms. The lowest BCUT2D eigenvalue weighted by molar-refractivity contribution is -0.133. The summed E-state index contributed by atoms with van der Waals surface area (Å²) in [7, 11) is 0. The molecule has 5 nitrogen and oxygen atoms in total. The molecule has 0 bridgehead atoms. The Labute approximate surface area is 189 Å². The van der Waals surface area contributed by atoms with E-state index in [1.807, 2.05) is 23.1 Å². The molecule has 1 aromatic heterocycles. The molecule has 166 valence electrons. The van der Waals surface area contributed by atoms with Gasteiger partial charge in [0.05, 0.1) is 6.54 Å². The van der Waals surface area contributed by atoms with Gasteiger partial charge >= 0.3 is 6.03 Å². The first-order valence-electron chi connectivity index (χ1n) is 11.5. The highest BCUT2D eigenvalue weighted by atomic mass is 32.1. The summed E-state index contributed by atoms with van der Waals surface area (Å²) in [6.07, 6.45) is 7.71. The molecule has 6 heteroatoms. The van der Waals surface area contributed by atoms with Crippen LogP contribution in [0.5, 0.6) is 0 Å². The highest BCUT2D eigenvalue weighted by Gasteiger charge is 2.35. The van der Waals surface area contributed by atoms with E-state index in [2.05, 4.69) is 35.8 Å². The van der Waals surface area contributed by atoms with Gasteiger partial charge < -0.3 is 15.1 Å². The number of carbonyl (C=O) groups is 2. The Kier molecular flexibility index (Phi) is 7.28. The quantitative estimate of drug-likeness (QED) is 0.623. The number of hydrogen-bond acceptors (Lipinski definition) is 3. The molecule has 1 aromatic carbocycles. The SMILES string of the molecule is Cc1ccsc1CN(Cc1ccccc1)C(=O)CN(C(=O)NC1CCCCC1)C1CC1. The molecule has 0 aliphatic heterocycles. The van der Waals surface area contributed by atoms with Crippen LogP contribution in [0.15, 0.2) is 41.8 Å². The first-order valence-corrected chi connectivity index (χ1v) is 12.4. The molecule has 0 atom stereocenters. The second kappa shape index (κ2) is 10.3. The summed E-state index contributed by atoms with van der Waals surface area (Å²) >= 11 is 1.69. The standard InChI is InChI=1S/C25H33N3O2S/c1-19-14-15-31-23(19)17-27(16-20-8-4-2-5-9-20)24(29)18-28(22-12-13-22)25(30)26-21-10-6-3-7-11-21/h2,4-5,8-9,14-15,21-22H,3,6-7,10-13,16-18H2,1H3,(H,26,30). The van der Waals surface area contributed by atoms with Crippen LogP contribution in [-0.2, 0) is 17.9 Å². The maximum atomic E-state index is 13.4. The molecule has 1 heterocycles. The van der Waals surface area contributed by atoms with E-state index in [-0.39, 0.29) is 30.6 Å². The van der Waals surface area contributed by atoms with Crippen LogP contribution in [0.2, 0.25) is 0 Å². The van der Waals surface area contributed by atoms with Crippen molar-refractivity contribution in [1.29, 1.82) is 0 Å². The zero-order chi connectivity index (χ0) is 21.6. The van der Waals surface area contributed by atoms with Crippen molar-refractivity contribution in [1.82, 2.24) is 15.1 Å². The maximum Gasteiger partial charge on any atom is 0.318 e. The smallest absolute Gasteiger partial charge is 0.318 e. The van der Waals surface area contributed by atoms with Crippen molar-refractivity contribution in [3.05, 3.63) is 57.8 Å². The van der Waals surface area contributed by atoms with Crippen LogP contribution in [0.1, 0.15) is 60.9 Å². The third-order valence-electron chi connectivity index (χ3n) is 6.36. The van der Waals surface area contributed by atoms with Crippen LogP contribution >= 0.6 is 11.3 Å². The second-order valence-electron chi connectivity index (χ2n) is 8.91. The van der Waals surface area contributed by atoms with E-state index in [4.69, 9.17) is 0 Å². The van der Waals surface area contributed by atoms with Crippen molar-refractivity contribution in [3.8, 4) is 0 Å². The maximum absolute atomic E-state index is 13.4. The van der Waals surface area contributed by atoms with Crippen LogP contribution in [0.4, 0.5) is 4.79 Å². The topological polar surface area (TPSA) is 52.7 Å². The average molecular weight is 440 g/mol. The number of hydrogen-bond donors (Lipinski definition) is 1. The van der Waals surface area contributed by atoms with Gasteiger partial charge in [0.1, 0.15) is 6.54 Å². The van der Waals surface area contributed by atoms with E-state index in [1.54, 1.807) is 16.2 Å². The number of amides is 3. The van der Waals surface area contributed by atoms with Gasteiger partial charge in [0.25, 0.3) is 0 Å². The van der Waals surface area contributed by atoms with E-state index >= 15 is 0 Å². The Hall–Kier alpha value is -2.34. The Bertz CT molecular complexity index is 872. The van der Waals surface area contributed by atoms with Gasteiger partial charge in [-0.3, -0.25) is 4.79 Å². The van der Waals surface area contributed by atoms with Gasteiger partial charge in [-0.05, 0) is 55.2 Å². The predicted octanol–water partition coefficient (Wildman–Crippen LogP) is 5.09. The Morgan fingerprint density at radius 2 is 1.74 bits per heavy atom.